The minimum Gasteiger partial charge on any atom is -0.372 e. The van der Waals surface area contributed by atoms with Gasteiger partial charge in [0.05, 0.1) is 10.3 Å². The molecule has 0 radical (unpaired) electrons. The van der Waals surface area contributed by atoms with Crippen LogP contribution in [0.5, 0.6) is 0 Å². The predicted molar refractivity (Wildman–Crippen MR) is 76.8 cm³/mol. The number of carbonyl (C=O) groups is 1. The lowest BCUT2D eigenvalue weighted by Gasteiger charge is -2.14. The maximum atomic E-state index is 12.5. The van der Waals surface area contributed by atoms with Gasteiger partial charge in [0.25, 0.3) is 5.91 Å². The van der Waals surface area contributed by atoms with Crippen molar-refractivity contribution < 1.29 is 4.79 Å². The van der Waals surface area contributed by atoms with E-state index in [1.54, 1.807) is 0 Å². The van der Waals surface area contributed by atoms with Gasteiger partial charge in [-0.05, 0) is 25.3 Å². The molecular formula is C13H16N4OS. The average molecular weight is 276 g/mol. The average Bonchev–Trinajstić information content (AvgIpc) is 3.06. The minimum absolute atomic E-state index is 0.139. The Balaban J connectivity index is 2.09. The fraction of sp³-hybridized carbons (Fsp3) is 0.462. The number of thiophene rings is 1. The van der Waals surface area contributed by atoms with Crippen molar-refractivity contribution in [3.8, 4) is 0 Å². The highest BCUT2D eigenvalue weighted by molar-refractivity contribution is 7.20. The molecule has 6 heteroatoms. The molecule has 0 spiro atoms. The van der Waals surface area contributed by atoms with Crippen LogP contribution >= 0.6 is 11.3 Å². The van der Waals surface area contributed by atoms with E-state index >= 15 is 0 Å². The molecule has 0 unspecified atom stereocenters. The zero-order chi connectivity index (χ0) is 13.4. The Morgan fingerprint density at radius 2 is 2.11 bits per heavy atom. The molecule has 1 amide bonds. The van der Waals surface area contributed by atoms with Crippen LogP contribution in [0.15, 0.2) is 6.33 Å². The van der Waals surface area contributed by atoms with E-state index in [1.165, 1.54) is 17.7 Å². The standard InChI is InChI=1S/C13H16N4OS/c1-8-9-11(14-2)15-7-16-12(9)19-10(8)13(18)17-5-3-4-6-17/h7H,3-6H2,1-2H3,(H,14,15,16). The lowest BCUT2D eigenvalue weighted by Crippen LogP contribution is -2.27. The smallest absolute Gasteiger partial charge is 0.264 e. The second-order valence-electron chi connectivity index (χ2n) is 4.71. The Morgan fingerprint density at radius 1 is 1.37 bits per heavy atom. The van der Waals surface area contributed by atoms with Crippen molar-refractivity contribution in [2.45, 2.75) is 19.8 Å². The Morgan fingerprint density at radius 3 is 2.79 bits per heavy atom. The Labute approximate surface area is 115 Å². The van der Waals surface area contributed by atoms with Gasteiger partial charge in [-0.25, -0.2) is 9.97 Å². The maximum absolute atomic E-state index is 12.5. The summed E-state index contributed by atoms with van der Waals surface area (Å²) >= 11 is 1.47. The number of carbonyl (C=O) groups excluding carboxylic acids is 1. The molecule has 1 fully saturated rings. The molecule has 0 aliphatic carbocycles. The van der Waals surface area contributed by atoms with Gasteiger partial charge in [0.15, 0.2) is 0 Å². The molecule has 19 heavy (non-hydrogen) atoms. The van der Waals surface area contributed by atoms with Gasteiger partial charge in [-0.1, -0.05) is 0 Å². The van der Waals surface area contributed by atoms with Gasteiger partial charge < -0.3 is 10.2 Å². The summed E-state index contributed by atoms with van der Waals surface area (Å²) < 4.78 is 0. The Hall–Kier alpha value is -1.69. The van der Waals surface area contributed by atoms with Gasteiger partial charge in [-0.3, -0.25) is 4.79 Å². The van der Waals surface area contributed by atoms with Gasteiger partial charge in [0, 0.05) is 20.1 Å². The highest BCUT2D eigenvalue weighted by atomic mass is 32.1. The van der Waals surface area contributed by atoms with Crippen LogP contribution < -0.4 is 5.32 Å². The normalized spacial score (nSPS) is 15.2. The van der Waals surface area contributed by atoms with E-state index in [-0.39, 0.29) is 5.91 Å². The van der Waals surface area contributed by atoms with Gasteiger partial charge in [-0.2, -0.15) is 0 Å². The van der Waals surface area contributed by atoms with E-state index in [0.29, 0.717) is 0 Å². The van der Waals surface area contributed by atoms with Crippen LogP contribution in [0.1, 0.15) is 28.1 Å². The van der Waals surface area contributed by atoms with Crippen LogP contribution in [0.4, 0.5) is 5.82 Å². The Kier molecular flexibility index (Phi) is 3.10. The number of nitrogens with zero attached hydrogens (tertiary/aromatic N) is 3. The first-order chi connectivity index (χ1) is 9.22. The summed E-state index contributed by atoms with van der Waals surface area (Å²) in [7, 11) is 1.83. The number of anilines is 1. The van der Waals surface area contributed by atoms with Crippen LogP contribution in [0.3, 0.4) is 0 Å². The van der Waals surface area contributed by atoms with Crippen molar-refractivity contribution in [1.82, 2.24) is 14.9 Å². The van der Waals surface area contributed by atoms with E-state index < -0.39 is 0 Å². The van der Waals surface area contributed by atoms with Crippen molar-refractivity contribution in [3.63, 3.8) is 0 Å². The first-order valence-electron chi connectivity index (χ1n) is 6.43. The van der Waals surface area contributed by atoms with Crippen LogP contribution in [0.2, 0.25) is 0 Å². The molecule has 0 atom stereocenters. The first kappa shape index (κ1) is 12.3. The van der Waals surface area contributed by atoms with E-state index in [1.807, 2.05) is 18.9 Å². The molecule has 1 saturated heterocycles. The number of hydrogen-bond acceptors (Lipinski definition) is 5. The van der Waals surface area contributed by atoms with Crippen LogP contribution in [0.25, 0.3) is 10.2 Å². The summed E-state index contributed by atoms with van der Waals surface area (Å²) in [5, 5.41) is 4.03. The van der Waals surface area contributed by atoms with Gasteiger partial charge in [-0.15, -0.1) is 11.3 Å². The molecule has 2 aromatic rings. The molecule has 1 aliphatic heterocycles. The van der Waals surface area contributed by atoms with E-state index in [2.05, 4.69) is 15.3 Å². The quantitative estimate of drug-likeness (QED) is 0.914. The third-order valence-corrected chi connectivity index (χ3v) is 4.74. The lowest BCUT2D eigenvalue weighted by molar-refractivity contribution is 0.0797. The van der Waals surface area contributed by atoms with Crippen molar-refractivity contribution in [2.24, 2.45) is 0 Å². The summed E-state index contributed by atoms with van der Waals surface area (Å²) in [5.41, 5.74) is 0.988. The number of rotatable bonds is 2. The minimum atomic E-state index is 0.139. The van der Waals surface area contributed by atoms with Crippen LogP contribution in [-0.2, 0) is 0 Å². The van der Waals surface area contributed by atoms with Crippen molar-refractivity contribution in [2.75, 3.05) is 25.5 Å². The third-order valence-electron chi connectivity index (χ3n) is 3.55. The summed E-state index contributed by atoms with van der Waals surface area (Å²) in [6.07, 6.45) is 3.75. The Bertz CT molecular complexity index is 631. The number of fused-ring (bicyclic) bond motifs is 1. The topological polar surface area (TPSA) is 58.1 Å². The first-order valence-corrected chi connectivity index (χ1v) is 7.25. The van der Waals surface area contributed by atoms with E-state index in [4.69, 9.17) is 0 Å². The molecule has 100 valence electrons. The number of aromatic nitrogens is 2. The molecule has 1 aliphatic rings. The largest absolute Gasteiger partial charge is 0.372 e. The van der Waals surface area contributed by atoms with Gasteiger partial charge in [0.2, 0.25) is 0 Å². The maximum Gasteiger partial charge on any atom is 0.264 e. The van der Waals surface area contributed by atoms with E-state index in [0.717, 1.165) is 52.4 Å². The van der Waals surface area contributed by atoms with Crippen molar-refractivity contribution in [3.05, 3.63) is 16.8 Å². The molecule has 3 rings (SSSR count). The summed E-state index contributed by atoms with van der Waals surface area (Å²) in [6.45, 7) is 3.72. The molecule has 3 heterocycles. The number of hydrogen-bond donors (Lipinski definition) is 1. The van der Waals surface area contributed by atoms with Gasteiger partial charge >= 0.3 is 0 Å². The number of nitrogens with one attached hydrogen (secondary N) is 1. The van der Waals surface area contributed by atoms with Crippen LogP contribution in [0, 0.1) is 6.92 Å². The van der Waals surface area contributed by atoms with E-state index in [9.17, 15) is 4.79 Å². The van der Waals surface area contributed by atoms with Crippen LogP contribution in [-0.4, -0.2) is 40.9 Å². The fourth-order valence-corrected chi connectivity index (χ4v) is 3.65. The molecule has 0 bridgehead atoms. The molecule has 0 saturated carbocycles. The summed E-state index contributed by atoms with van der Waals surface area (Å²) in [4.78, 5) is 24.6. The number of aryl methyl sites for hydroxylation is 1. The summed E-state index contributed by atoms with van der Waals surface area (Å²) in [6, 6.07) is 0. The molecule has 5 nitrogen and oxygen atoms in total. The molecular weight excluding hydrogens is 260 g/mol. The van der Waals surface area contributed by atoms with Crippen molar-refractivity contribution >= 4 is 33.3 Å². The highest BCUT2D eigenvalue weighted by Gasteiger charge is 2.25. The zero-order valence-electron chi connectivity index (χ0n) is 11.1. The summed E-state index contributed by atoms with van der Waals surface area (Å²) in [5.74, 6) is 0.930. The predicted octanol–water partition coefficient (Wildman–Crippen LogP) is 2.28. The molecule has 2 aromatic heterocycles. The highest BCUT2D eigenvalue weighted by Crippen LogP contribution is 2.34. The number of amides is 1. The second kappa shape index (κ2) is 4.77. The van der Waals surface area contributed by atoms with Crippen molar-refractivity contribution in [1.29, 1.82) is 0 Å². The lowest BCUT2D eigenvalue weighted by atomic mass is 10.2. The second-order valence-corrected chi connectivity index (χ2v) is 5.71. The molecule has 0 aromatic carbocycles. The van der Waals surface area contributed by atoms with Gasteiger partial charge in [0.1, 0.15) is 17.0 Å². The number of likely N-dealkylation sites (tertiary alicyclic amines) is 1. The molecule has 1 N–H and O–H groups in total. The third kappa shape index (κ3) is 1.96. The fourth-order valence-electron chi connectivity index (χ4n) is 2.53. The zero-order valence-corrected chi connectivity index (χ0v) is 11.9. The monoisotopic (exact) mass is 276 g/mol. The SMILES string of the molecule is CNc1ncnc2sc(C(=O)N3CCCC3)c(C)c12.